The predicted octanol–water partition coefficient (Wildman–Crippen LogP) is 2.36. The summed E-state index contributed by atoms with van der Waals surface area (Å²) in [6.45, 7) is 5.86. The number of nitrogens with two attached hydrogens (primary N) is 1. The Kier molecular flexibility index (Phi) is 5.81. The lowest BCUT2D eigenvalue weighted by Crippen LogP contribution is -2.39. The number of nitrogens with one attached hydrogen (secondary N) is 1. The van der Waals surface area contributed by atoms with Crippen molar-refractivity contribution in [1.29, 1.82) is 5.41 Å². The van der Waals surface area contributed by atoms with Gasteiger partial charge in [0.15, 0.2) is 0 Å². The number of rotatable bonds is 8. The maximum Gasteiger partial charge on any atom is 0.0963 e. The van der Waals surface area contributed by atoms with Crippen molar-refractivity contribution in [3.63, 3.8) is 0 Å². The first kappa shape index (κ1) is 16.4. The summed E-state index contributed by atoms with van der Waals surface area (Å²) in [7, 11) is 2.09. The Morgan fingerprint density at radius 2 is 1.89 bits per heavy atom. The van der Waals surface area contributed by atoms with E-state index in [1.807, 2.05) is 13.8 Å². The van der Waals surface area contributed by atoms with Crippen molar-refractivity contribution in [2.45, 2.75) is 64.4 Å². The molecule has 0 amide bonds. The van der Waals surface area contributed by atoms with Crippen LogP contribution >= 0.6 is 0 Å². The SMILES string of the molecule is CN(CCCCC(C)(C)C(=N)N)CC1(O)CCCC1. The third-order valence-corrected chi connectivity index (χ3v) is 4.42. The van der Waals surface area contributed by atoms with E-state index in [1.165, 1.54) is 0 Å². The van der Waals surface area contributed by atoms with Crippen LogP contribution < -0.4 is 5.73 Å². The lowest BCUT2D eigenvalue weighted by Gasteiger charge is -2.29. The molecule has 0 bridgehead atoms. The fourth-order valence-electron chi connectivity index (χ4n) is 2.86. The van der Waals surface area contributed by atoms with Crippen molar-refractivity contribution in [3.05, 3.63) is 0 Å². The highest BCUT2D eigenvalue weighted by atomic mass is 16.3. The van der Waals surface area contributed by atoms with Gasteiger partial charge in [0.1, 0.15) is 0 Å². The van der Waals surface area contributed by atoms with E-state index >= 15 is 0 Å². The number of nitrogens with zero attached hydrogens (tertiary/aromatic N) is 1. The van der Waals surface area contributed by atoms with Crippen LogP contribution in [0.4, 0.5) is 0 Å². The number of aliphatic hydroxyl groups is 1. The van der Waals surface area contributed by atoms with E-state index in [4.69, 9.17) is 11.1 Å². The third-order valence-electron chi connectivity index (χ3n) is 4.42. The highest BCUT2D eigenvalue weighted by Crippen LogP contribution is 2.30. The molecule has 1 rings (SSSR count). The van der Waals surface area contributed by atoms with Gasteiger partial charge in [0.2, 0.25) is 0 Å². The van der Waals surface area contributed by atoms with Crippen molar-refractivity contribution in [1.82, 2.24) is 4.90 Å². The number of unbranched alkanes of at least 4 members (excludes halogenated alkanes) is 1. The van der Waals surface area contributed by atoms with Crippen LogP contribution in [0.15, 0.2) is 0 Å². The van der Waals surface area contributed by atoms with Gasteiger partial charge >= 0.3 is 0 Å². The molecular weight excluding hydrogens is 238 g/mol. The van der Waals surface area contributed by atoms with Gasteiger partial charge in [-0.1, -0.05) is 33.1 Å². The summed E-state index contributed by atoms with van der Waals surface area (Å²) in [5.74, 6) is 0.279. The summed E-state index contributed by atoms with van der Waals surface area (Å²) >= 11 is 0. The van der Waals surface area contributed by atoms with Crippen LogP contribution in [0.25, 0.3) is 0 Å². The van der Waals surface area contributed by atoms with Crippen LogP contribution in [0, 0.1) is 10.8 Å². The van der Waals surface area contributed by atoms with Gasteiger partial charge in [0.25, 0.3) is 0 Å². The van der Waals surface area contributed by atoms with Crippen LogP contribution in [-0.2, 0) is 0 Å². The summed E-state index contributed by atoms with van der Waals surface area (Å²) in [6, 6.07) is 0. The first-order valence-corrected chi connectivity index (χ1v) is 7.51. The van der Waals surface area contributed by atoms with Crippen LogP contribution in [0.1, 0.15) is 58.8 Å². The summed E-state index contributed by atoms with van der Waals surface area (Å²) in [5.41, 5.74) is 4.96. The van der Waals surface area contributed by atoms with Crippen molar-refractivity contribution < 1.29 is 5.11 Å². The van der Waals surface area contributed by atoms with Gasteiger partial charge in [-0.25, -0.2) is 0 Å². The lowest BCUT2D eigenvalue weighted by molar-refractivity contribution is 0.0160. The van der Waals surface area contributed by atoms with Crippen LogP contribution in [0.2, 0.25) is 0 Å². The van der Waals surface area contributed by atoms with Crippen molar-refractivity contribution >= 4 is 5.84 Å². The topological polar surface area (TPSA) is 73.3 Å². The smallest absolute Gasteiger partial charge is 0.0963 e. The summed E-state index contributed by atoms with van der Waals surface area (Å²) in [4.78, 5) is 2.24. The second-order valence-corrected chi connectivity index (χ2v) is 6.92. The van der Waals surface area contributed by atoms with E-state index in [1.54, 1.807) is 0 Å². The molecule has 1 saturated carbocycles. The van der Waals surface area contributed by atoms with Crippen LogP contribution in [0.5, 0.6) is 0 Å². The average molecular weight is 269 g/mol. The van der Waals surface area contributed by atoms with Gasteiger partial charge in [0, 0.05) is 12.0 Å². The van der Waals surface area contributed by atoms with Gasteiger partial charge in [-0.2, -0.15) is 0 Å². The van der Waals surface area contributed by atoms with E-state index in [0.29, 0.717) is 0 Å². The van der Waals surface area contributed by atoms with Crippen LogP contribution in [0.3, 0.4) is 0 Å². The molecule has 0 aromatic rings. The standard InChI is InChI=1S/C15H31N3O/c1-14(2,13(16)17)8-6-7-11-18(3)12-15(19)9-4-5-10-15/h19H,4-12H2,1-3H3,(H3,16,17). The molecule has 1 fully saturated rings. The van der Waals surface area contributed by atoms with Crippen LogP contribution in [-0.4, -0.2) is 41.6 Å². The molecule has 4 heteroatoms. The molecule has 1 aliphatic carbocycles. The molecule has 112 valence electrons. The molecule has 0 aromatic carbocycles. The Balaban J connectivity index is 2.17. The molecule has 0 spiro atoms. The molecule has 0 saturated heterocycles. The molecule has 0 atom stereocenters. The van der Waals surface area contributed by atoms with Crippen molar-refractivity contribution in [2.24, 2.45) is 11.1 Å². The Hall–Kier alpha value is -0.610. The maximum absolute atomic E-state index is 10.3. The quantitative estimate of drug-likeness (QED) is 0.360. The number of hydrogen-bond acceptors (Lipinski definition) is 3. The lowest BCUT2D eigenvalue weighted by atomic mass is 9.86. The zero-order valence-corrected chi connectivity index (χ0v) is 12.8. The van der Waals surface area contributed by atoms with Gasteiger partial charge in [-0.15, -0.1) is 0 Å². The first-order valence-electron chi connectivity index (χ1n) is 7.51. The minimum absolute atomic E-state index is 0.178. The molecule has 0 radical (unpaired) electrons. The molecule has 1 aliphatic rings. The maximum atomic E-state index is 10.3. The van der Waals surface area contributed by atoms with Gasteiger partial charge in [0.05, 0.1) is 11.4 Å². The third kappa shape index (κ3) is 5.49. The Morgan fingerprint density at radius 1 is 1.32 bits per heavy atom. The Morgan fingerprint density at radius 3 is 2.42 bits per heavy atom. The van der Waals surface area contributed by atoms with E-state index in [2.05, 4.69) is 11.9 Å². The fourth-order valence-corrected chi connectivity index (χ4v) is 2.86. The average Bonchev–Trinajstić information content (AvgIpc) is 2.71. The van der Waals surface area contributed by atoms with Crippen molar-refractivity contribution in [2.75, 3.05) is 20.1 Å². The van der Waals surface area contributed by atoms with Gasteiger partial charge < -0.3 is 15.7 Å². The normalized spacial score (nSPS) is 19.0. The number of amidine groups is 1. The molecule has 0 heterocycles. The number of likely N-dealkylation sites (N-methyl/N-ethyl adjacent to an activating group) is 1. The molecule has 19 heavy (non-hydrogen) atoms. The largest absolute Gasteiger partial charge is 0.389 e. The zero-order valence-electron chi connectivity index (χ0n) is 12.8. The summed E-state index contributed by atoms with van der Waals surface area (Å²) < 4.78 is 0. The first-order chi connectivity index (χ1) is 8.75. The molecular formula is C15H31N3O. The van der Waals surface area contributed by atoms with Crippen molar-refractivity contribution in [3.8, 4) is 0 Å². The minimum atomic E-state index is -0.437. The van der Waals surface area contributed by atoms with E-state index in [-0.39, 0.29) is 11.3 Å². The fraction of sp³-hybridized carbons (Fsp3) is 0.933. The predicted molar refractivity (Wildman–Crippen MR) is 80.5 cm³/mol. The van der Waals surface area contributed by atoms with E-state index in [0.717, 1.165) is 58.0 Å². The van der Waals surface area contributed by atoms with E-state index in [9.17, 15) is 5.11 Å². The molecule has 4 N–H and O–H groups in total. The monoisotopic (exact) mass is 269 g/mol. The van der Waals surface area contributed by atoms with E-state index < -0.39 is 5.60 Å². The molecule has 0 unspecified atom stereocenters. The highest BCUT2D eigenvalue weighted by molar-refractivity contribution is 5.82. The minimum Gasteiger partial charge on any atom is -0.389 e. The molecule has 0 aromatic heterocycles. The molecule has 4 nitrogen and oxygen atoms in total. The number of hydrogen-bond donors (Lipinski definition) is 3. The Bertz CT molecular complexity index is 296. The summed E-state index contributed by atoms with van der Waals surface area (Å²) in [6.07, 6.45) is 7.37. The second-order valence-electron chi connectivity index (χ2n) is 6.92. The van der Waals surface area contributed by atoms with Gasteiger partial charge in [-0.3, -0.25) is 5.41 Å². The van der Waals surface area contributed by atoms with Gasteiger partial charge in [-0.05, 0) is 39.3 Å². The molecule has 0 aliphatic heterocycles. The Labute approximate surface area is 117 Å². The summed E-state index contributed by atoms with van der Waals surface area (Å²) in [5, 5.41) is 17.9. The second kappa shape index (κ2) is 6.71. The highest BCUT2D eigenvalue weighted by Gasteiger charge is 2.31. The zero-order chi connectivity index (χ0) is 14.5.